The average Bonchev–Trinajstić information content (AvgIpc) is 2.47. The predicted octanol–water partition coefficient (Wildman–Crippen LogP) is 3.08. The van der Waals surface area contributed by atoms with Crippen molar-refractivity contribution in [2.75, 3.05) is 27.2 Å². The van der Waals surface area contributed by atoms with E-state index in [1.54, 1.807) is 12.1 Å². The highest BCUT2D eigenvalue weighted by Gasteiger charge is 2.16. The van der Waals surface area contributed by atoms with E-state index < -0.39 is 6.10 Å². The van der Waals surface area contributed by atoms with Crippen LogP contribution in [-0.4, -0.2) is 43.3 Å². The fourth-order valence-electron chi connectivity index (χ4n) is 2.54. The van der Waals surface area contributed by atoms with Crippen molar-refractivity contribution in [1.29, 1.82) is 0 Å². The highest BCUT2D eigenvalue weighted by atomic mass is 35.5. The molecule has 0 bridgehead atoms. The number of aliphatic hydroxyl groups excluding tert-OH is 1. The first-order valence-electron chi connectivity index (χ1n) is 7.53. The van der Waals surface area contributed by atoms with Gasteiger partial charge in [-0.05, 0) is 49.5 Å². The largest absolute Gasteiger partial charge is 0.390 e. The van der Waals surface area contributed by atoms with Crippen LogP contribution in [0.2, 0.25) is 5.02 Å². The van der Waals surface area contributed by atoms with Crippen molar-refractivity contribution in [3.8, 4) is 0 Å². The molecule has 0 saturated heterocycles. The number of hydrogen-bond donors (Lipinski definition) is 2. The van der Waals surface area contributed by atoms with Crippen molar-refractivity contribution in [3.05, 3.63) is 70.5 Å². The Morgan fingerprint density at radius 1 is 1.13 bits per heavy atom. The van der Waals surface area contributed by atoms with Crippen LogP contribution >= 0.6 is 11.6 Å². The number of likely N-dealkylation sites (N-methyl/N-ethyl adjacent to an activating group) is 1. The Morgan fingerprint density at radius 3 is 2.39 bits per heavy atom. The van der Waals surface area contributed by atoms with Crippen LogP contribution in [0.15, 0.2) is 48.5 Å². The van der Waals surface area contributed by atoms with Gasteiger partial charge in [0, 0.05) is 18.1 Å². The molecular formula is C18H22ClFN2O. The zero-order valence-electron chi connectivity index (χ0n) is 13.3. The molecule has 0 amide bonds. The fraction of sp³-hybridized carbons (Fsp3) is 0.333. The van der Waals surface area contributed by atoms with Crippen molar-refractivity contribution in [3.63, 3.8) is 0 Å². The summed E-state index contributed by atoms with van der Waals surface area (Å²) in [5.74, 6) is -0.287. The molecule has 0 aromatic heterocycles. The van der Waals surface area contributed by atoms with E-state index in [1.807, 2.05) is 43.3 Å². The maximum absolute atomic E-state index is 13.6. The van der Waals surface area contributed by atoms with E-state index in [-0.39, 0.29) is 11.9 Å². The molecule has 0 fully saturated rings. The second-order valence-electron chi connectivity index (χ2n) is 5.87. The Labute approximate surface area is 141 Å². The third-order valence-electron chi connectivity index (χ3n) is 3.50. The second kappa shape index (κ2) is 8.41. The molecular weight excluding hydrogens is 315 g/mol. The van der Waals surface area contributed by atoms with Crippen LogP contribution in [0.25, 0.3) is 0 Å². The van der Waals surface area contributed by atoms with Gasteiger partial charge < -0.3 is 15.3 Å². The number of benzene rings is 2. The van der Waals surface area contributed by atoms with Gasteiger partial charge in [0.25, 0.3) is 0 Å². The van der Waals surface area contributed by atoms with Gasteiger partial charge >= 0.3 is 0 Å². The van der Waals surface area contributed by atoms with Gasteiger partial charge in [0.15, 0.2) is 0 Å². The summed E-state index contributed by atoms with van der Waals surface area (Å²) < 4.78 is 13.6. The molecule has 2 atom stereocenters. The number of nitrogens with zero attached hydrogens (tertiary/aromatic N) is 1. The van der Waals surface area contributed by atoms with Gasteiger partial charge in [0.05, 0.1) is 12.1 Å². The minimum atomic E-state index is -0.514. The zero-order valence-corrected chi connectivity index (χ0v) is 14.1. The summed E-state index contributed by atoms with van der Waals surface area (Å²) in [4.78, 5) is 1.92. The Balaban J connectivity index is 2.21. The molecule has 2 N–H and O–H groups in total. The molecule has 5 heteroatoms. The normalized spacial score (nSPS) is 14.0. The number of rotatable bonds is 7. The lowest BCUT2D eigenvalue weighted by molar-refractivity contribution is 0.133. The minimum absolute atomic E-state index is 0.235. The van der Waals surface area contributed by atoms with Crippen LogP contribution in [0.1, 0.15) is 17.2 Å². The summed E-state index contributed by atoms with van der Waals surface area (Å²) in [6, 6.07) is 13.7. The van der Waals surface area contributed by atoms with Crippen LogP contribution in [-0.2, 0) is 0 Å². The monoisotopic (exact) mass is 336 g/mol. The van der Waals surface area contributed by atoms with Gasteiger partial charge in [-0.15, -0.1) is 0 Å². The van der Waals surface area contributed by atoms with Crippen molar-refractivity contribution in [2.45, 2.75) is 12.1 Å². The lowest BCUT2D eigenvalue weighted by atomic mass is 9.98. The smallest absolute Gasteiger partial charge is 0.123 e. The van der Waals surface area contributed by atoms with Crippen molar-refractivity contribution < 1.29 is 9.50 Å². The SMILES string of the molecule is CN(C)CC(O)CNC(c1cccc(F)c1)c1cccc(Cl)c1. The molecule has 0 aliphatic carbocycles. The Hall–Kier alpha value is -1.46. The fourth-order valence-corrected chi connectivity index (χ4v) is 2.74. The highest BCUT2D eigenvalue weighted by molar-refractivity contribution is 6.30. The third kappa shape index (κ3) is 5.59. The molecule has 0 spiro atoms. The molecule has 0 heterocycles. The first-order chi connectivity index (χ1) is 11.0. The van der Waals surface area contributed by atoms with Gasteiger partial charge in [-0.3, -0.25) is 0 Å². The minimum Gasteiger partial charge on any atom is -0.390 e. The van der Waals surface area contributed by atoms with E-state index >= 15 is 0 Å². The highest BCUT2D eigenvalue weighted by Crippen LogP contribution is 2.25. The van der Waals surface area contributed by atoms with Gasteiger partial charge in [-0.1, -0.05) is 35.9 Å². The summed E-state index contributed by atoms with van der Waals surface area (Å²) in [7, 11) is 3.81. The van der Waals surface area contributed by atoms with Crippen molar-refractivity contribution in [1.82, 2.24) is 10.2 Å². The molecule has 23 heavy (non-hydrogen) atoms. The molecule has 124 valence electrons. The molecule has 0 radical (unpaired) electrons. The summed E-state index contributed by atoms with van der Waals surface area (Å²) in [6.45, 7) is 0.949. The van der Waals surface area contributed by atoms with E-state index in [2.05, 4.69) is 5.32 Å². The average molecular weight is 337 g/mol. The van der Waals surface area contributed by atoms with E-state index in [0.717, 1.165) is 11.1 Å². The predicted molar refractivity (Wildman–Crippen MR) is 92.3 cm³/mol. The number of hydrogen-bond acceptors (Lipinski definition) is 3. The van der Waals surface area contributed by atoms with E-state index in [4.69, 9.17) is 11.6 Å². The standard InChI is InChI=1S/C18H22ClFN2O/c1-22(2)12-17(23)11-21-18(13-5-3-7-15(19)9-13)14-6-4-8-16(20)10-14/h3-10,17-18,21,23H,11-12H2,1-2H3. The first kappa shape index (κ1) is 17.9. The van der Waals surface area contributed by atoms with Crippen LogP contribution < -0.4 is 5.32 Å². The van der Waals surface area contributed by atoms with Crippen LogP contribution in [0.5, 0.6) is 0 Å². The lowest BCUT2D eigenvalue weighted by Crippen LogP contribution is -2.37. The van der Waals surface area contributed by atoms with E-state index in [0.29, 0.717) is 18.1 Å². The number of nitrogens with one attached hydrogen (secondary N) is 1. The molecule has 3 nitrogen and oxygen atoms in total. The molecule has 2 aromatic carbocycles. The lowest BCUT2D eigenvalue weighted by Gasteiger charge is -2.23. The number of aliphatic hydroxyl groups is 1. The Kier molecular flexibility index (Phi) is 6.54. The van der Waals surface area contributed by atoms with E-state index in [9.17, 15) is 9.50 Å². The van der Waals surface area contributed by atoms with Gasteiger partial charge in [0.1, 0.15) is 5.82 Å². The summed E-state index contributed by atoms with van der Waals surface area (Å²) >= 11 is 6.08. The third-order valence-corrected chi connectivity index (χ3v) is 3.73. The van der Waals surface area contributed by atoms with Crippen LogP contribution in [0.4, 0.5) is 4.39 Å². The first-order valence-corrected chi connectivity index (χ1v) is 7.90. The molecule has 2 rings (SSSR count). The summed E-state index contributed by atoms with van der Waals surface area (Å²) in [5, 5.41) is 14.0. The maximum Gasteiger partial charge on any atom is 0.123 e. The van der Waals surface area contributed by atoms with Crippen LogP contribution in [0.3, 0.4) is 0 Å². The zero-order chi connectivity index (χ0) is 16.8. The topological polar surface area (TPSA) is 35.5 Å². The van der Waals surface area contributed by atoms with Crippen LogP contribution in [0, 0.1) is 5.82 Å². The van der Waals surface area contributed by atoms with Gasteiger partial charge in [0.2, 0.25) is 0 Å². The Morgan fingerprint density at radius 2 is 1.78 bits per heavy atom. The molecule has 2 unspecified atom stereocenters. The van der Waals surface area contributed by atoms with Crippen molar-refractivity contribution >= 4 is 11.6 Å². The second-order valence-corrected chi connectivity index (χ2v) is 6.30. The van der Waals surface area contributed by atoms with Crippen molar-refractivity contribution in [2.24, 2.45) is 0 Å². The Bertz CT molecular complexity index is 590. The van der Waals surface area contributed by atoms with Gasteiger partial charge in [-0.25, -0.2) is 4.39 Å². The quantitative estimate of drug-likeness (QED) is 0.815. The van der Waals surface area contributed by atoms with Gasteiger partial charge in [-0.2, -0.15) is 0 Å². The molecule has 0 saturated carbocycles. The molecule has 0 aliphatic heterocycles. The molecule has 0 aliphatic rings. The number of halogens is 2. The summed E-state index contributed by atoms with van der Waals surface area (Å²) in [5.41, 5.74) is 1.73. The van der Waals surface area contributed by atoms with E-state index in [1.165, 1.54) is 12.1 Å². The summed E-state index contributed by atoms with van der Waals surface area (Å²) in [6.07, 6.45) is -0.514. The molecule has 2 aromatic rings. The maximum atomic E-state index is 13.6.